The van der Waals surface area contributed by atoms with Gasteiger partial charge in [-0.3, -0.25) is 39.0 Å². The van der Waals surface area contributed by atoms with Gasteiger partial charge in [0, 0.05) is 13.0 Å². The Morgan fingerprint density at radius 2 is 1.19 bits per heavy atom. The summed E-state index contributed by atoms with van der Waals surface area (Å²) < 4.78 is 0. The first kappa shape index (κ1) is 51.1. The number of rotatable bonds is 28. The Labute approximate surface area is 341 Å². The average molecular weight is 837 g/mol. The molecule has 7 unspecified atom stereocenters. The zero-order valence-electron chi connectivity index (χ0n) is 33.2. The predicted octanol–water partition coefficient (Wildman–Crippen LogP) is -5.54. The number of carboxylic acid groups (broad SMARTS) is 1. The van der Waals surface area contributed by atoms with Crippen LogP contribution in [0.3, 0.4) is 0 Å². The molecule has 0 spiro atoms. The van der Waals surface area contributed by atoms with E-state index in [0.29, 0.717) is 31.4 Å². The van der Waals surface area contributed by atoms with Gasteiger partial charge in [-0.05, 0) is 43.7 Å². The highest BCUT2D eigenvalue weighted by molar-refractivity contribution is 5.98. The van der Waals surface area contributed by atoms with Crippen LogP contribution in [0, 0.1) is 11.3 Å². The molecule has 7 amide bonds. The van der Waals surface area contributed by atoms with Gasteiger partial charge in [-0.1, -0.05) is 50.6 Å². The SMILES string of the molecule is CC(C)C(NC(=O)C(N)CCCCN)C(=O)NC(CO)C(=O)NC(CC(N)=O)C(=O)NC(CCCNC(=N)N)C(=O)NC(Cc1ccccc1)C(=O)NC(CO)C(=O)O. The predicted molar refractivity (Wildman–Crippen MR) is 212 cm³/mol. The Bertz CT molecular complexity index is 1580. The van der Waals surface area contributed by atoms with Crippen molar-refractivity contribution < 1.29 is 53.7 Å². The second-order valence-electron chi connectivity index (χ2n) is 14.0. The molecule has 23 heteroatoms. The number of benzene rings is 1. The summed E-state index contributed by atoms with van der Waals surface area (Å²) in [6, 6.07) is -1.95. The quantitative estimate of drug-likeness (QED) is 0.0213. The van der Waals surface area contributed by atoms with Crippen molar-refractivity contribution in [2.75, 3.05) is 26.3 Å². The molecule has 0 aromatic heterocycles. The molecule has 330 valence electrons. The van der Waals surface area contributed by atoms with Gasteiger partial charge in [0.1, 0.15) is 36.3 Å². The molecular weight excluding hydrogens is 776 g/mol. The van der Waals surface area contributed by atoms with Gasteiger partial charge in [-0.2, -0.15) is 0 Å². The first-order valence-corrected chi connectivity index (χ1v) is 19.0. The third kappa shape index (κ3) is 19.4. The fourth-order valence-electron chi connectivity index (χ4n) is 5.43. The van der Waals surface area contributed by atoms with E-state index in [2.05, 4.69) is 37.2 Å². The molecule has 1 rings (SSSR count). The molecule has 0 aliphatic rings. The number of carbonyl (C=O) groups excluding carboxylic acids is 7. The summed E-state index contributed by atoms with van der Waals surface area (Å²) in [6.45, 7) is 1.75. The van der Waals surface area contributed by atoms with E-state index >= 15 is 0 Å². The lowest BCUT2D eigenvalue weighted by atomic mass is 10.0. The number of aliphatic hydroxyl groups is 2. The molecule has 0 bridgehead atoms. The van der Waals surface area contributed by atoms with Crippen molar-refractivity contribution >= 4 is 53.3 Å². The minimum atomic E-state index is -1.77. The van der Waals surface area contributed by atoms with Crippen LogP contribution in [-0.4, -0.2) is 137 Å². The standard InChI is InChI=1S/C36H60N12O11/c1-19(2)28(48-29(52)21(38)11-6-7-13-37)34(57)46-25(17-49)33(56)45-24(16-27(39)51)32(55)43-22(12-8-14-42-36(40)41)30(53)44-23(15-20-9-4-3-5-10-20)31(54)47-26(18-50)35(58)59/h3-5,9-10,19,21-26,28,49-50H,6-8,11-18,37-38H2,1-2H3,(H2,39,51)(H,43,55)(H,44,53)(H,45,56)(H,46,57)(H,47,54)(H,48,52)(H,58,59)(H4,40,41,42). The minimum absolute atomic E-state index is 0.0527. The van der Waals surface area contributed by atoms with E-state index < -0.39 is 115 Å². The number of guanidine groups is 1. The second-order valence-corrected chi connectivity index (χ2v) is 14.0. The molecule has 1 aromatic carbocycles. The summed E-state index contributed by atoms with van der Waals surface area (Å²) in [5.41, 5.74) is 22.7. The maximum atomic E-state index is 13.8. The van der Waals surface area contributed by atoms with Gasteiger partial charge in [-0.15, -0.1) is 0 Å². The number of nitrogens with two attached hydrogens (primary N) is 4. The van der Waals surface area contributed by atoms with E-state index in [-0.39, 0.29) is 31.8 Å². The van der Waals surface area contributed by atoms with Crippen LogP contribution in [0.4, 0.5) is 0 Å². The molecule has 59 heavy (non-hydrogen) atoms. The summed E-state index contributed by atoms with van der Waals surface area (Å²) in [5.74, 6) is -9.20. The lowest BCUT2D eigenvalue weighted by molar-refractivity contribution is -0.143. The first-order chi connectivity index (χ1) is 27.8. The highest BCUT2D eigenvalue weighted by Gasteiger charge is 2.34. The van der Waals surface area contributed by atoms with E-state index in [1.165, 1.54) is 0 Å². The van der Waals surface area contributed by atoms with Crippen molar-refractivity contribution in [3.05, 3.63) is 35.9 Å². The monoisotopic (exact) mass is 836 g/mol. The Morgan fingerprint density at radius 1 is 0.661 bits per heavy atom. The highest BCUT2D eigenvalue weighted by Crippen LogP contribution is 2.09. The van der Waals surface area contributed by atoms with E-state index in [0.717, 1.165) is 0 Å². The second kappa shape index (κ2) is 26.9. The van der Waals surface area contributed by atoms with Crippen LogP contribution in [0.1, 0.15) is 57.9 Å². The molecule has 0 aliphatic carbocycles. The molecule has 0 heterocycles. The summed E-state index contributed by atoms with van der Waals surface area (Å²) in [6.07, 6.45) is 0.479. The number of nitrogens with one attached hydrogen (secondary N) is 8. The van der Waals surface area contributed by atoms with Gasteiger partial charge in [0.2, 0.25) is 41.4 Å². The number of carbonyl (C=O) groups is 8. The molecule has 0 aliphatic heterocycles. The fourth-order valence-corrected chi connectivity index (χ4v) is 5.43. The lowest BCUT2D eigenvalue weighted by Gasteiger charge is -2.27. The summed E-state index contributed by atoms with van der Waals surface area (Å²) in [5, 5.41) is 52.9. The van der Waals surface area contributed by atoms with Crippen molar-refractivity contribution in [2.45, 2.75) is 101 Å². The number of unbranched alkanes of at least 4 members (excludes halogenated alkanes) is 1. The zero-order chi connectivity index (χ0) is 44.7. The number of carboxylic acids is 1. The molecule has 23 nitrogen and oxygen atoms in total. The van der Waals surface area contributed by atoms with E-state index in [1.807, 2.05) is 0 Å². The van der Waals surface area contributed by atoms with Gasteiger partial charge in [0.15, 0.2) is 5.96 Å². The van der Waals surface area contributed by atoms with Crippen molar-refractivity contribution in [3.63, 3.8) is 0 Å². The van der Waals surface area contributed by atoms with Crippen molar-refractivity contribution in [2.24, 2.45) is 28.9 Å². The number of aliphatic hydroxyl groups excluding tert-OH is 2. The van der Waals surface area contributed by atoms with Crippen LogP contribution >= 0.6 is 0 Å². The molecule has 19 N–H and O–H groups in total. The van der Waals surface area contributed by atoms with Crippen molar-refractivity contribution in [3.8, 4) is 0 Å². The van der Waals surface area contributed by atoms with Crippen molar-refractivity contribution in [1.82, 2.24) is 37.2 Å². The number of hydrogen-bond donors (Lipinski definition) is 15. The van der Waals surface area contributed by atoms with Crippen LogP contribution in [0.25, 0.3) is 0 Å². The minimum Gasteiger partial charge on any atom is -0.480 e. The highest BCUT2D eigenvalue weighted by atomic mass is 16.4. The number of primary amides is 1. The molecule has 7 atom stereocenters. The first-order valence-electron chi connectivity index (χ1n) is 19.0. The summed E-state index contributed by atoms with van der Waals surface area (Å²) in [7, 11) is 0. The van der Waals surface area contributed by atoms with E-state index in [1.54, 1.807) is 44.2 Å². The number of aliphatic carboxylic acids is 1. The van der Waals surface area contributed by atoms with Crippen LogP contribution in [-0.2, 0) is 44.8 Å². The normalized spacial score (nSPS) is 14.5. The van der Waals surface area contributed by atoms with Gasteiger partial charge in [0.05, 0.1) is 25.7 Å². The largest absolute Gasteiger partial charge is 0.480 e. The van der Waals surface area contributed by atoms with Crippen LogP contribution in [0.15, 0.2) is 30.3 Å². The van der Waals surface area contributed by atoms with Gasteiger partial charge in [-0.25, -0.2) is 4.79 Å². The summed E-state index contributed by atoms with van der Waals surface area (Å²) >= 11 is 0. The Morgan fingerprint density at radius 3 is 1.73 bits per heavy atom. The number of hydrogen-bond acceptors (Lipinski definition) is 13. The smallest absolute Gasteiger partial charge is 0.328 e. The summed E-state index contributed by atoms with van der Waals surface area (Å²) in [4.78, 5) is 104. The average Bonchev–Trinajstić information content (AvgIpc) is 3.17. The topological polar surface area (TPSA) is 409 Å². The molecule has 0 saturated heterocycles. The molecule has 0 fully saturated rings. The molecular formula is C36H60N12O11. The third-order valence-corrected chi connectivity index (χ3v) is 8.74. The van der Waals surface area contributed by atoms with Crippen LogP contribution < -0.4 is 60.2 Å². The van der Waals surface area contributed by atoms with Crippen LogP contribution in [0.2, 0.25) is 0 Å². The zero-order valence-corrected chi connectivity index (χ0v) is 33.2. The molecule has 0 saturated carbocycles. The Hall–Kier alpha value is -5.91. The third-order valence-electron chi connectivity index (χ3n) is 8.74. The Kier molecular flexibility index (Phi) is 23.3. The van der Waals surface area contributed by atoms with Crippen LogP contribution in [0.5, 0.6) is 0 Å². The lowest BCUT2D eigenvalue weighted by Crippen LogP contribution is -2.61. The number of amides is 7. The van der Waals surface area contributed by atoms with Gasteiger partial charge >= 0.3 is 5.97 Å². The van der Waals surface area contributed by atoms with E-state index in [4.69, 9.17) is 28.3 Å². The van der Waals surface area contributed by atoms with Gasteiger partial charge in [0.25, 0.3) is 0 Å². The molecule has 0 radical (unpaired) electrons. The van der Waals surface area contributed by atoms with E-state index in [9.17, 15) is 53.7 Å². The van der Waals surface area contributed by atoms with Gasteiger partial charge < -0.3 is 75.5 Å². The maximum Gasteiger partial charge on any atom is 0.328 e. The maximum absolute atomic E-state index is 13.8. The van der Waals surface area contributed by atoms with Crippen molar-refractivity contribution in [1.29, 1.82) is 5.41 Å². The molecule has 1 aromatic rings. The Balaban J connectivity index is 3.31. The fraction of sp³-hybridized carbons (Fsp3) is 0.583.